The van der Waals surface area contributed by atoms with Gasteiger partial charge in [0.1, 0.15) is 0 Å². The van der Waals surface area contributed by atoms with Gasteiger partial charge < -0.3 is 4.74 Å². The quantitative estimate of drug-likeness (QED) is 0.798. The molecule has 0 spiro atoms. The topological polar surface area (TPSA) is 9.23 Å². The Kier molecular flexibility index (Phi) is 4.86. The zero-order valence-electron chi connectivity index (χ0n) is 9.62. The minimum Gasteiger partial charge on any atom is -0.378 e. The van der Waals surface area contributed by atoms with Gasteiger partial charge in [-0.1, -0.05) is 47.3 Å². The summed E-state index contributed by atoms with van der Waals surface area (Å²) in [7, 11) is 0. The van der Waals surface area contributed by atoms with Crippen LogP contribution in [-0.4, -0.2) is 12.7 Å². The Morgan fingerprint density at radius 1 is 1.06 bits per heavy atom. The van der Waals surface area contributed by atoms with Crippen molar-refractivity contribution < 1.29 is 4.74 Å². The number of halogens is 1. The van der Waals surface area contributed by atoms with E-state index in [2.05, 4.69) is 40.2 Å². The SMILES string of the molecule is Brc1ccc(CCOC2CCCCC2)cc1. The molecular formula is C14H19BrO. The van der Waals surface area contributed by atoms with Gasteiger partial charge in [-0.15, -0.1) is 0 Å². The van der Waals surface area contributed by atoms with E-state index in [0.717, 1.165) is 17.5 Å². The molecule has 0 unspecified atom stereocenters. The van der Waals surface area contributed by atoms with Crippen LogP contribution in [0, 0.1) is 0 Å². The van der Waals surface area contributed by atoms with Crippen molar-refractivity contribution >= 4 is 15.9 Å². The minimum absolute atomic E-state index is 0.532. The van der Waals surface area contributed by atoms with E-state index in [4.69, 9.17) is 4.74 Å². The molecule has 0 bridgehead atoms. The molecule has 0 saturated heterocycles. The van der Waals surface area contributed by atoms with Crippen LogP contribution >= 0.6 is 15.9 Å². The van der Waals surface area contributed by atoms with Crippen molar-refractivity contribution in [2.75, 3.05) is 6.61 Å². The van der Waals surface area contributed by atoms with Crippen LogP contribution in [0.3, 0.4) is 0 Å². The fourth-order valence-electron chi connectivity index (χ4n) is 2.23. The maximum Gasteiger partial charge on any atom is 0.0575 e. The number of hydrogen-bond donors (Lipinski definition) is 0. The molecule has 1 saturated carbocycles. The second-order valence-electron chi connectivity index (χ2n) is 4.51. The molecule has 0 heterocycles. The first-order valence-corrected chi connectivity index (χ1v) is 7.00. The average Bonchev–Trinajstić information content (AvgIpc) is 2.33. The molecule has 0 aromatic heterocycles. The molecular weight excluding hydrogens is 264 g/mol. The van der Waals surface area contributed by atoms with Crippen LogP contribution < -0.4 is 0 Å². The number of rotatable bonds is 4. The van der Waals surface area contributed by atoms with Crippen molar-refractivity contribution in [3.05, 3.63) is 34.3 Å². The van der Waals surface area contributed by atoms with Crippen LogP contribution in [0.5, 0.6) is 0 Å². The third-order valence-electron chi connectivity index (χ3n) is 3.21. The van der Waals surface area contributed by atoms with E-state index in [-0.39, 0.29) is 0 Å². The minimum atomic E-state index is 0.532. The number of benzene rings is 1. The summed E-state index contributed by atoms with van der Waals surface area (Å²) in [5.41, 5.74) is 1.36. The summed E-state index contributed by atoms with van der Waals surface area (Å²) >= 11 is 3.44. The van der Waals surface area contributed by atoms with Crippen molar-refractivity contribution in [3.63, 3.8) is 0 Å². The van der Waals surface area contributed by atoms with Gasteiger partial charge >= 0.3 is 0 Å². The van der Waals surface area contributed by atoms with Gasteiger partial charge in [0.05, 0.1) is 12.7 Å². The molecule has 16 heavy (non-hydrogen) atoms. The van der Waals surface area contributed by atoms with Gasteiger partial charge in [-0.25, -0.2) is 0 Å². The lowest BCUT2D eigenvalue weighted by Gasteiger charge is -2.21. The van der Waals surface area contributed by atoms with Crippen LogP contribution in [0.4, 0.5) is 0 Å². The number of ether oxygens (including phenoxy) is 1. The second kappa shape index (κ2) is 6.41. The molecule has 0 atom stereocenters. The Morgan fingerprint density at radius 2 is 1.75 bits per heavy atom. The van der Waals surface area contributed by atoms with Gasteiger partial charge in [-0.3, -0.25) is 0 Å². The first-order valence-electron chi connectivity index (χ1n) is 6.20. The predicted octanol–water partition coefficient (Wildman–Crippen LogP) is 4.34. The Labute approximate surface area is 106 Å². The van der Waals surface area contributed by atoms with Crippen LogP contribution in [0.1, 0.15) is 37.7 Å². The van der Waals surface area contributed by atoms with E-state index in [1.165, 1.54) is 37.7 Å². The van der Waals surface area contributed by atoms with E-state index >= 15 is 0 Å². The van der Waals surface area contributed by atoms with Crippen LogP contribution in [0.2, 0.25) is 0 Å². The van der Waals surface area contributed by atoms with E-state index in [1.807, 2.05) is 0 Å². The lowest BCUT2D eigenvalue weighted by molar-refractivity contribution is 0.0303. The summed E-state index contributed by atoms with van der Waals surface area (Å²) in [6.45, 7) is 0.867. The lowest BCUT2D eigenvalue weighted by Crippen LogP contribution is -2.17. The standard InChI is InChI=1S/C14H19BrO/c15-13-8-6-12(7-9-13)10-11-16-14-4-2-1-3-5-14/h6-9,14H,1-5,10-11H2. The van der Waals surface area contributed by atoms with E-state index < -0.39 is 0 Å². The fraction of sp³-hybridized carbons (Fsp3) is 0.571. The maximum absolute atomic E-state index is 5.91. The van der Waals surface area contributed by atoms with Crippen molar-refractivity contribution in [1.82, 2.24) is 0 Å². The highest BCUT2D eigenvalue weighted by atomic mass is 79.9. The van der Waals surface area contributed by atoms with Crippen molar-refractivity contribution in [2.45, 2.75) is 44.6 Å². The largest absolute Gasteiger partial charge is 0.378 e. The average molecular weight is 283 g/mol. The summed E-state index contributed by atoms with van der Waals surface area (Å²) < 4.78 is 7.05. The molecule has 1 aliphatic carbocycles. The van der Waals surface area contributed by atoms with E-state index in [9.17, 15) is 0 Å². The zero-order chi connectivity index (χ0) is 11.2. The highest BCUT2D eigenvalue weighted by molar-refractivity contribution is 9.10. The van der Waals surface area contributed by atoms with Crippen LogP contribution in [0.15, 0.2) is 28.7 Å². The molecule has 1 aromatic rings. The van der Waals surface area contributed by atoms with E-state index in [1.54, 1.807) is 0 Å². The van der Waals surface area contributed by atoms with Crippen LogP contribution in [0.25, 0.3) is 0 Å². The lowest BCUT2D eigenvalue weighted by atomic mass is 9.98. The Hall–Kier alpha value is -0.340. The van der Waals surface area contributed by atoms with Crippen molar-refractivity contribution in [2.24, 2.45) is 0 Å². The second-order valence-corrected chi connectivity index (χ2v) is 5.42. The van der Waals surface area contributed by atoms with Gasteiger partial charge in [0.2, 0.25) is 0 Å². The molecule has 88 valence electrons. The summed E-state index contributed by atoms with van der Waals surface area (Å²) in [5.74, 6) is 0. The summed E-state index contributed by atoms with van der Waals surface area (Å²) in [5, 5.41) is 0. The van der Waals surface area contributed by atoms with Gasteiger partial charge in [0.25, 0.3) is 0 Å². The molecule has 1 aromatic carbocycles. The van der Waals surface area contributed by atoms with Crippen LogP contribution in [-0.2, 0) is 11.2 Å². The first-order chi connectivity index (χ1) is 7.84. The van der Waals surface area contributed by atoms with Gasteiger partial charge in [0, 0.05) is 4.47 Å². The first kappa shape index (κ1) is 12.1. The molecule has 0 aliphatic heterocycles. The monoisotopic (exact) mass is 282 g/mol. The molecule has 2 heteroatoms. The van der Waals surface area contributed by atoms with Crippen molar-refractivity contribution in [3.8, 4) is 0 Å². The Balaban J connectivity index is 1.69. The fourth-order valence-corrected chi connectivity index (χ4v) is 2.49. The van der Waals surface area contributed by atoms with Gasteiger partial charge in [0.15, 0.2) is 0 Å². The molecule has 1 aliphatic rings. The third kappa shape index (κ3) is 3.91. The highest BCUT2D eigenvalue weighted by Gasteiger charge is 2.12. The summed E-state index contributed by atoms with van der Waals surface area (Å²) in [4.78, 5) is 0. The van der Waals surface area contributed by atoms with Crippen molar-refractivity contribution in [1.29, 1.82) is 0 Å². The molecule has 0 N–H and O–H groups in total. The van der Waals surface area contributed by atoms with E-state index in [0.29, 0.717) is 6.10 Å². The Morgan fingerprint density at radius 3 is 2.44 bits per heavy atom. The molecule has 1 nitrogen and oxygen atoms in total. The normalized spacial score (nSPS) is 17.6. The molecule has 0 amide bonds. The smallest absolute Gasteiger partial charge is 0.0575 e. The maximum atomic E-state index is 5.91. The highest BCUT2D eigenvalue weighted by Crippen LogP contribution is 2.20. The molecule has 2 rings (SSSR count). The molecule has 0 radical (unpaired) electrons. The van der Waals surface area contributed by atoms with Gasteiger partial charge in [-0.2, -0.15) is 0 Å². The summed E-state index contributed by atoms with van der Waals surface area (Å²) in [6.07, 6.45) is 8.19. The zero-order valence-corrected chi connectivity index (χ0v) is 11.2. The Bertz CT molecular complexity index is 301. The third-order valence-corrected chi connectivity index (χ3v) is 3.74. The summed E-state index contributed by atoms with van der Waals surface area (Å²) in [6, 6.07) is 8.51. The van der Waals surface area contributed by atoms with Gasteiger partial charge in [-0.05, 0) is 37.0 Å². The predicted molar refractivity (Wildman–Crippen MR) is 70.7 cm³/mol. The molecule has 1 fully saturated rings. The number of hydrogen-bond acceptors (Lipinski definition) is 1.